The molecule has 14 heavy (non-hydrogen) atoms. The van der Waals surface area contributed by atoms with E-state index < -0.39 is 11.6 Å². The van der Waals surface area contributed by atoms with Crippen molar-refractivity contribution < 1.29 is 19.3 Å². The van der Waals surface area contributed by atoms with Crippen LogP contribution in [0, 0.1) is 0 Å². The molecular weight excluding hydrogens is 184 g/mol. The average molecular weight is 200 g/mol. The largest absolute Gasteiger partial charge is 0.306 e. The van der Waals surface area contributed by atoms with E-state index in [9.17, 15) is 4.79 Å². The minimum absolute atomic E-state index is 0.153. The maximum absolute atomic E-state index is 11.3. The summed E-state index contributed by atoms with van der Waals surface area (Å²) >= 11 is 0. The molecule has 0 amide bonds. The number of Topliss-reactive ketones (excluding diaryl/α,β-unsaturated/α-hetero) is 1. The lowest BCUT2D eigenvalue weighted by molar-refractivity contribution is -0.345. The second kappa shape index (κ2) is 3.29. The summed E-state index contributed by atoms with van der Waals surface area (Å²) in [5.41, 5.74) is 0. The van der Waals surface area contributed by atoms with E-state index in [0.717, 1.165) is 25.7 Å². The molecule has 2 rings (SSSR count). The van der Waals surface area contributed by atoms with Crippen molar-refractivity contribution in [1.82, 2.24) is 0 Å². The quantitative estimate of drug-likeness (QED) is 0.607. The van der Waals surface area contributed by atoms with Crippen LogP contribution >= 0.6 is 0 Å². The van der Waals surface area contributed by atoms with E-state index in [0.29, 0.717) is 0 Å². The maximum Gasteiger partial charge on any atom is 0.260 e. The van der Waals surface area contributed by atoms with Gasteiger partial charge in [0.2, 0.25) is 5.79 Å². The van der Waals surface area contributed by atoms with Crippen LogP contribution in [-0.4, -0.2) is 17.4 Å². The van der Waals surface area contributed by atoms with E-state index in [-0.39, 0.29) is 5.78 Å². The summed E-state index contributed by atoms with van der Waals surface area (Å²) in [4.78, 5) is 21.5. The Kier molecular flexibility index (Phi) is 2.37. The molecule has 0 radical (unpaired) electrons. The number of hydrogen-bond acceptors (Lipinski definition) is 4. The van der Waals surface area contributed by atoms with Crippen LogP contribution in [0.25, 0.3) is 0 Å². The van der Waals surface area contributed by atoms with E-state index in [4.69, 9.17) is 14.5 Å². The van der Waals surface area contributed by atoms with E-state index >= 15 is 0 Å². The molecule has 0 N–H and O–H groups in total. The second-order valence-electron chi connectivity index (χ2n) is 4.24. The Labute approximate surface area is 83.4 Å². The predicted molar refractivity (Wildman–Crippen MR) is 48.2 cm³/mol. The molecule has 0 bridgehead atoms. The molecule has 80 valence electrons. The predicted octanol–water partition coefficient (Wildman–Crippen LogP) is 1.93. The molecule has 1 saturated carbocycles. The number of rotatable bonds is 1. The van der Waals surface area contributed by atoms with Gasteiger partial charge in [0.1, 0.15) is 0 Å². The second-order valence-corrected chi connectivity index (χ2v) is 4.24. The monoisotopic (exact) mass is 200 g/mol. The summed E-state index contributed by atoms with van der Waals surface area (Å²) in [6.45, 7) is 3.06. The van der Waals surface area contributed by atoms with E-state index in [1.54, 1.807) is 6.92 Å². The van der Waals surface area contributed by atoms with E-state index in [1.165, 1.54) is 13.3 Å². The third-order valence-corrected chi connectivity index (χ3v) is 2.99. The van der Waals surface area contributed by atoms with Crippen molar-refractivity contribution >= 4 is 5.78 Å². The molecule has 1 unspecified atom stereocenters. The Balaban J connectivity index is 2.09. The Hall–Kier alpha value is -0.450. The molecule has 1 saturated heterocycles. The highest BCUT2D eigenvalue weighted by Crippen LogP contribution is 2.42. The van der Waals surface area contributed by atoms with Crippen LogP contribution in [0.4, 0.5) is 0 Å². The molecular formula is C10H16O4. The standard InChI is InChI=1S/C10H16O4/c1-8(11)9(2)12-10(14-13-9)6-4-3-5-7-10/h3-7H2,1-2H3. The highest BCUT2D eigenvalue weighted by atomic mass is 17.3. The number of carbonyl (C=O) groups excluding carboxylic acids is 1. The Morgan fingerprint density at radius 1 is 1.14 bits per heavy atom. The van der Waals surface area contributed by atoms with Gasteiger partial charge in [-0.2, -0.15) is 9.78 Å². The average Bonchev–Trinajstić information content (AvgIpc) is 2.47. The Morgan fingerprint density at radius 2 is 1.79 bits per heavy atom. The van der Waals surface area contributed by atoms with Crippen LogP contribution < -0.4 is 0 Å². The molecule has 1 spiro atoms. The zero-order chi connectivity index (χ0) is 10.2. The minimum atomic E-state index is -1.20. The fourth-order valence-electron chi connectivity index (χ4n) is 1.95. The lowest BCUT2D eigenvalue weighted by Crippen LogP contribution is -2.40. The van der Waals surface area contributed by atoms with Gasteiger partial charge in [0.15, 0.2) is 5.78 Å². The molecule has 0 aromatic heterocycles. The topological polar surface area (TPSA) is 44.8 Å². The maximum atomic E-state index is 11.3. The van der Waals surface area contributed by atoms with Crippen LogP contribution in [0.2, 0.25) is 0 Å². The van der Waals surface area contributed by atoms with Crippen molar-refractivity contribution in [3.8, 4) is 0 Å². The first-order valence-electron chi connectivity index (χ1n) is 5.14. The van der Waals surface area contributed by atoms with Gasteiger partial charge in [-0.1, -0.05) is 6.42 Å². The molecule has 1 aliphatic carbocycles. The van der Waals surface area contributed by atoms with Gasteiger partial charge >= 0.3 is 0 Å². The zero-order valence-electron chi connectivity index (χ0n) is 8.67. The number of ketones is 1. The van der Waals surface area contributed by atoms with Crippen molar-refractivity contribution in [2.45, 2.75) is 57.5 Å². The van der Waals surface area contributed by atoms with Crippen molar-refractivity contribution in [3.05, 3.63) is 0 Å². The van der Waals surface area contributed by atoms with Gasteiger partial charge in [-0.3, -0.25) is 4.79 Å². The highest BCUT2D eigenvalue weighted by molar-refractivity contribution is 5.83. The van der Waals surface area contributed by atoms with Gasteiger partial charge in [-0.15, -0.1) is 0 Å². The minimum Gasteiger partial charge on any atom is -0.306 e. The first kappa shape index (κ1) is 10.1. The first-order valence-corrected chi connectivity index (χ1v) is 5.14. The zero-order valence-corrected chi connectivity index (χ0v) is 8.67. The SMILES string of the molecule is CC(=O)C1(C)OOC2(CCCCC2)O1. The van der Waals surface area contributed by atoms with E-state index in [1.807, 2.05) is 0 Å². The first-order chi connectivity index (χ1) is 6.56. The Bertz CT molecular complexity index is 245. The van der Waals surface area contributed by atoms with Gasteiger partial charge in [0, 0.05) is 26.7 Å². The third-order valence-electron chi connectivity index (χ3n) is 2.99. The third kappa shape index (κ3) is 1.58. The van der Waals surface area contributed by atoms with Gasteiger partial charge in [-0.05, 0) is 12.8 Å². The summed E-state index contributed by atoms with van der Waals surface area (Å²) < 4.78 is 5.64. The summed E-state index contributed by atoms with van der Waals surface area (Å²) in [5, 5.41) is 0. The lowest BCUT2D eigenvalue weighted by Gasteiger charge is -2.29. The van der Waals surface area contributed by atoms with Crippen LogP contribution in [-0.2, 0) is 19.3 Å². The fraction of sp³-hybridized carbons (Fsp3) is 0.900. The van der Waals surface area contributed by atoms with Crippen molar-refractivity contribution in [1.29, 1.82) is 0 Å². The van der Waals surface area contributed by atoms with Crippen LogP contribution in [0.15, 0.2) is 0 Å². The van der Waals surface area contributed by atoms with Gasteiger partial charge in [0.05, 0.1) is 0 Å². The smallest absolute Gasteiger partial charge is 0.260 e. The molecule has 4 nitrogen and oxygen atoms in total. The summed E-state index contributed by atoms with van der Waals surface area (Å²) in [6.07, 6.45) is 4.96. The van der Waals surface area contributed by atoms with Crippen molar-refractivity contribution in [2.24, 2.45) is 0 Å². The molecule has 2 aliphatic rings. The molecule has 1 atom stereocenters. The van der Waals surface area contributed by atoms with Gasteiger partial charge in [-0.25, -0.2) is 0 Å². The summed E-state index contributed by atoms with van der Waals surface area (Å²) in [5.74, 6) is -2.00. The molecule has 0 aromatic carbocycles. The Morgan fingerprint density at radius 3 is 2.29 bits per heavy atom. The molecule has 0 aromatic rings. The van der Waals surface area contributed by atoms with Crippen LogP contribution in [0.1, 0.15) is 46.0 Å². The summed E-state index contributed by atoms with van der Waals surface area (Å²) in [6, 6.07) is 0. The highest BCUT2D eigenvalue weighted by Gasteiger charge is 2.53. The molecule has 2 fully saturated rings. The normalized spacial score (nSPS) is 36.1. The van der Waals surface area contributed by atoms with Crippen molar-refractivity contribution in [3.63, 3.8) is 0 Å². The fourth-order valence-corrected chi connectivity index (χ4v) is 1.95. The number of ether oxygens (including phenoxy) is 1. The molecule has 1 aliphatic heterocycles. The van der Waals surface area contributed by atoms with E-state index in [2.05, 4.69) is 0 Å². The number of carbonyl (C=O) groups is 1. The van der Waals surface area contributed by atoms with Crippen LogP contribution in [0.3, 0.4) is 0 Å². The van der Waals surface area contributed by atoms with Gasteiger partial charge < -0.3 is 4.74 Å². The summed E-state index contributed by atoms with van der Waals surface area (Å²) in [7, 11) is 0. The lowest BCUT2D eigenvalue weighted by atomic mass is 9.94. The molecule has 4 heteroatoms. The molecule has 1 heterocycles. The van der Waals surface area contributed by atoms with Crippen LogP contribution in [0.5, 0.6) is 0 Å². The van der Waals surface area contributed by atoms with Crippen molar-refractivity contribution in [2.75, 3.05) is 0 Å². The number of hydrogen-bond donors (Lipinski definition) is 0. The van der Waals surface area contributed by atoms with Gasteiger partial charge in [0.25, 0.3) is 5.79 Å².